The molecule has 0 saturated heterocycles. The van der Waals surface area contributed by atoms with Crippen LogP contribution in [0.25, 0.3) is 0 Å². The van der Waals surface area contributed by atoms with E-state index in [-0.39, 0.29) is 25.0 Å². The molecule has 1 saturated carbocycles. The van der Waals surface area contributed by atoms with Crippen LogP contribution in [0.3, 0.4) is 0 Å². The first-order chi connectivity index (χ1) is 14.6. The molecule has 1 fully saturated rings. The van der Waals surface area contributed by atoms with Gasteiger partial charge >= 0.3 is 0 Å². The summed E-state index contributed by atoms with van der Waals surface area (Å²) in [5, 5.41) is 17.4. The zero-order valence-electron chi connectivity index (χ0n) is 17.1. The number of nitrogens with zero attached hydrogens (tertiary/aromatic N) is 4. The predicted molar refractivity (Wildman–Crippen MR) is 115 cm³/mol. The summed E-state index contributed by atoms with van der Waals surface area (Å²) >= 11 is 1.61. The fourth-order valence-corrected chi connectivity index (χ4v) is 4.46. The second kappa shape index (κ2) is 8.86. The van der Waals surface area contributed by atoms with E-state index in [0.717, 1.165) is 29.0 Å². The number of carbonyl (C=O) groups is 1. The molecule has 0 bridgehead atoms. The van der Waals surface area contributed by atoms with Crippen molar-refractivity contribution in [2.24, 2.45) is 5.10 Å². The standard InChI is InChI=1S/C22H24N4O3S/c1-28-19-8-5-15(12-20(19)29-2)18-13-17(21-4-3-11-30-21)24-26(18)22(27)14-25(10-9-23)16-6-7-16/h3-5,8,11-12,16,18H,6-7,10,13-14H2,1-2H3. The molecule has 4 rings (SSSR count). The lowest BCUT2D eigenvalue weighted by atomic mass is 10.0. The molecule has 7 nitrogen and oxygen atoms in total. The Balaban J connectivity index is 1.63. The third-order valence-corrected chi connectivity index (χ3v) is 6.36. The van der Waals surface area contributed by atoms with Gasteiger partial charge in [0.05, 0.1) is 50.0 Å². The predicted octanol–water partition coefficient (Wildman–Crippen LogP) is 3.43. The summed E-state index contributed by atoms with van der Waals surface area (Å²) in [6, 6.07) is 12.0. The van der Waals surface area contributed by atoms with Gasteiger partial charge in [-0.1, -0.05) is 12.1 Å². The average Bonchev–Trinajstić information content (AvgIpc) is 3.27. The van der Waals surface area contributed by atoms with Gasteiger partial charge in [0, 0.05) is 12.5 Å². The molecule has 1 aliphatic heterocycles. The van der Waals surface area contributed by atoms with Gasteiger partial charge in [-0.15, -0.1) is 11.3 Å². The highest BCUT2D eigenvalue weighted by Crippen LogP contribution is 2.38. The number of hydrogen-bond donors (Lipinski definition) is 0. The van der Waals surface area contributed by atoms with Crippen LogP contribution in [-0.2, 0) is 4.79 Å². The lowest BCUT2D eigenvalue weighted by Crippen LogP contribution is -2.39. The van der Waals surface area contributed by atoms with E-state index in [4.69, 9.17) is 19.8 Å². The Bertz CT molecular complexity index is 979. The summed E-state index contributed by atoms with van der Waals surface area (Å²) in [5.41, 5.74) is 1.84. The van der Waals surface area contributed by atoms with Gasteiger partial charge in [0.25, 0.3) is 5.91 Å². The average molecular weight is 425 g/mol. The van der Waals surface area contributed by atoms with Crippen molar-refractivity contribution in [1.82, 2.24) is 9.91 Å². The molecule has 1 aromatic carbocycles. The largest absolute Gasteiger partial charge is 0.493 e. The number of methoxy groups -OCH3 is 2. The van der Waals surface area contributed by atoms with E-state index in [9.17, 15) is 4.79 Å². The Morgan fingerprint density at radius 3 is 2.73 bits per heavy atom. The second-order valence-corrected chi connectivity index (χ2v) is 8.34. The molecule has 1 aromatic heterocycles. The van der Waals surface area contributed by atoms with Crippen LogP contribution in [0.1, 0.15) is 35.7 Å². The van der Waals surface area contributed by atoms with Crippen LogP contribution in [0.15, 0.2) is 40.8 Å². The highest BCUT2D eigenvalue weighted by molar-refractivity contribution is 7.12. The Morgan fingerprint density at radius 1 is 1.30 bits per heavy atom. The van der Waals surface area contributed by atoms with E-state index >= 15 is 0 Å². The summed E-state index contributed by atoms with van der Waals surface area (Å²) in [6.45, 7) is 0.454. The van der Waals surface area contributed by atoms with Gasteiger partial charge in [0.15, 0.2) is 11.5 Å². The van der Waals surface area contributed by atoms with Gasteiger partial charge in [-0.2, -0.15) is 10.4 Å². The molecule has 1 aliphatic carbocycles. The van der Waals surface area contributed by atoms with Crippen LogP contribution >= 0.6 is 11.3 Å². The summed E-state index contributed by atoms with van der Waals surface area (Å²) in [6.07, 6.45) is 2.71. The van der Waals surface area contributed by atoms with Gasteiger partial charge in [0.2, 0.25) is 0 Å². The van der Waals surface area contributed by atoms with Crippen molar-refractivity contribution in [1.29, 1.82) is 5.26 Å². The Morgan fingerprint density at radius 2 is 2.10 bits per heavy atom. The monoisotopic (exact) mass is 424 g/mol. The first-order valence-electron chi connectivity index (χ1n) is 9.91. The highest BCUT2D eigenvalue weighted by Gasteiger charge is 2.37. The van der Waals surface area contributed by atoms with Crippen molar-refractivity contribution in [2.75, 3.05) is 27.3 Å². The van der Waals surface area contributed by atoms with E-state index in [1.807, 2.05) is 40.6 Å². The maximum absolute atomic E-state index is 13.3. The van der Waals surface area contributed by atoms with Crippen LogP contribution in [-0.4, -0.2) is 54.9 Å². The number of ether oxygens (including phenoxy) is 2. The zero-order chi connectivity index (χ0) is 21.1. The summed E-state index contributed by atoms with van der Waals surface area (Å²) < 4.78 is 10.8. The van der Waals surface area contributed by atoms with Gasteiger partial charge in [-0.25, -0.2) is 5.01 Å². The maximum Gasteiger partial charge on any atom is 0.257 e. The van der Waals surface area contributed by atoms with Crippen LogP contribution in [0.5, 0.6) is 11.5 Å². The molecule has 2 aliphatic rings. The number of benzene rings is 1. The Kier molecular flexibility index (Phi) is 6.02. The molecule has 156 valence electrons. The van der Waals surface area contributed by atoms with Crippen LogP contribution < -0.4 is 9.47 Å². The lowest BCUT2D eigenvalue weighted by Gasteiger charge is -2.26. The Labute approximate surface area is 180 Å². The van der Waals surface area contributed by atoms with Gasteiger partial charge in [-0.05, 0) is 42.0 Å². The topological polar surface area (TPSA) is 78.2 Å². The number of rotatable bonds is 8. The first-order valence-corrected chi connectivity index (χ1v) is 10.8. The van der Waals surface area contributed by atoms with Gasteiger partial charge in [-0.3, -0.25) is 9.69 Å². The minimum Gasteiger partial charge on any atom is -0.493 e. The summed E-state index contributed by atoms with van der Waals surface area (Å²) in [4.78, 5) is 16.3. The van der Waals surface area contributed by atoms with Gasteiger partial charge < -0.3 is 9.47 Å². The quantitative estimate of drug-likeness (QED) is 0.607. The second-order valence-electron chi connectivity index (χ2n) is 7.39. The fourth-order valence-electron chi connectivity index (χ4n) is 3.74. The fraction of sp³-hybridized carbons (Fsp3) is 0.409. The van der Waals surface area contributed by atoms with E-state index < -0.39 is 0 Å². The molecule has 0 N–H and O–H groups in total. The van der Waals surface area contributed by atoms with Crippen molar-refractivity contribution in [3.8, 4) is 17.6 Å². The molecule has 1 atom stereocenters. The van der Waals surface area contributed by atoms with E-state index in [1.165, 1.54) is 0 Å². The highest BCUT2D eigenvalue weighted by atomic mass is 32.1. The molecule has 8 heteroatoms. The number of hydrogen-bond acceptors (Lipinski definition) is 7. The zero-order valence-corrected chi connectivity index (χ0v) is 17.9. The minimum atomic E-state index is -0.224. The third kappa shape index (κ3) is 4.18. The summed E-state index contributed by atoms with van der Waals surface area (Å²) in [5.74, 6) is 1.17. The van der Waals surface area contributed by atoms with Crippen molar-refractivity contribution in [3.05, 3.63) is 46.2 Å². The number of hydrazone groups is 1. The molecular formula is C22H24N4O3S. The molecule has 2 aromatic rings. The van der Waals surface area contributed by atoms with Crippen LogP contribution in [0.4, 0.5) is 0 Å². The van der Waals surface area contributed by atoms with Crippen LogP contribution in [0.2, 0.25) is 0 Å². The smallest absolute Gasteiger partial charge is 0.257 e. The van der Waals surface area contributed by atoms with Crippen molar-refractivity contribution >= 4 is 23.0 Å². The third-order valence-electron chi connectivity index (χ3n) is 5.44. The molecule has 0 spiro atoms. The van der Waals surface area contributed by atoms with Crippen molar-refractivity contribution in [3.63, 3.8) is 0 Å². The number of carbonyl (C=O) groups excluding carboxylic acids is 1. The number of amides is 1. The SMILES string of the molecule is COc1ccc(C2CC(c3cccs3)=NN2C(=O)CN(CC#N)C2CC2)cc1OC. The lowest BCUT2D eigenvalue weighted by molar-refractivity contribution is -0.134. The van der Waals surface area contributed by atoms with Crippen molar-refractivity contribution < 1.29 is 14.3 Å². The molecule has 1 amide bonds. The maximum atomic E-state index is 13.3. The van der Waals surface area contributed by atoms with Gasteiger partial charge in [0.1, 0.15) is 0 Å². The number of thiophene rings is 1. The summed E-state index contributed by atoms with van der Waals surface area (Å²) in [7, 11) is 3.20. The normalized spacial score (nSPS) is 18.3. The van der Waals surface area contributed by atoms with E-state index in [2.05, 4.69) is 6.07 Å². The molecule has 30 heavy (non-hydrogen) atoms. The van der Waals surface area contributed by atoms with E-state index in [0.29, 0.717) is 24.0 Å². The molecule has 2 heterocycles. The molecule has 0 radical (unpaired) electrons. The molecule has 1 unspecified atom stereocenters. The first kappa shape index (κ1) is 20.4. The van der Waals surface area contributed by atoms with E-state index in [1.54, 1.807) is 30.6 Å². The molecular weight excluding hydrogens is 400 g/mol. The van der Waals surface area contributed by atoms with Crippen molar-refractivity contribution in [2.45, 2.75) is 31.3 Å². The number of nitriles is 1. The Hall–Kier alpha value is -2.89. The minimum absolute atomic E-state index is 0.0940. The van der Waals surface area contributed by atoms with Crippen LogP contribution in [0, 0.1) is 11.3 Å².